The van der Waals surface area contributed by atoms with Crippen molar-refractivity contribution in [1.29, 1.82) is 0 Å². The molecule has 0 aliphatic rings. The molecule has 0 heterocycles. The number of allylic oxidation sites excluding steroid dienone is 2. The molecule has 5 N–H and O–H groups in total. The van der Waals surface area contributed by atoms with Gasteiger partial charge in [0, 0.05) is 19.2 Å². The van der Waals surface area contributed by atoms with E-state index in [0.29, 0.717) is 24.5 Å². The SMILES string of the molecule is C=C/C=C(\C=C)CNC(=O)C(NCc1ccc(OC)cc1)c1ccc(/C=C/C(=O)Nc2ccccc2N)cc1. The lowest BCUT2D eigenvalue weighted by atomic mass is 10.0. The molecule has 0 saturated carbocycles. The van der Waals surface area contributed by atoms with Crippen molar-refractivity contribution in [2.75, 3.05) is 24.7 Å². The molecule has 0 aliphatic carbocycles. The van der Waals surface area contributed by atoms with Crippen LogP contribution in [0.4, 0.5) is 11.4 Å². The number of benzene rings is 3. The van der Waals surface area contributed by atoms with Crippen LogP contribution in [0.1, 0.15) is 22.7 Å². The highest BCUT2D eigenvalue weighted by atomic mass is 16.5. The average Bonchev–Trinajstić information content (AvgIpc) is 2.96. The number of methoxy groups -OCH3 is 1. The van der Waals surface area contributed by atoms with Gasteiger partial charge in [0.05, 0.1) is 18.5 Å². The van der Waals surface area contributed by atoms with Crippen LogP contribution in [0.25, 0.3) is 6.08 Å². The third kappa shape index (κ3) is 8.87. The van der Waals surface area contributed by atoms with Gasteiger partial charge >= 0.3 is 0 Å². The van der Waals surface area contributed by atoms with Crippen LogP contribution in [0, 0.1) is 0 Å². The Morgan fingerprint density at radius 2 is 1.72 bits per heavy atom. The van der Waals surface area contributed by atoms with E-state index in [-0.39, 0.29) is 11.8 Å². The number of para-hydroxylation sites is 2. The van der Waals surface area contributed by atoms with Crippen molar-refractivity contribution in [2.24, 2.45) is 0 Å². The summed E-state index contributed by atoms with van der Waals surface area (Å²) in [6.45, 7) is 8.29. The molecule has 0 radical (unpaired) electrons. The highest BCUT2D eigenvalue weighted by Crippen LogP contribution is 2.19. The first-order valence-electron chi connectivity index (χ1n) is 12.4. The first kappa shape index (κ1) is 28.7. The predicted molar refractivity (Wildman–Crippen MR) is 159 cm³/mol. The van der Waals surface area contributed by atoms with Crippen molar-refractivity contribution in [3.05, 3.63) is 133 Å². The van der Waals surface area contributed by atoms with Gasteiger partial charge in [-0.3, -0.25) is 14.9 Å². The van der Waals surface area contributed by atoms with E-state index >= 15 is 0 Å². The third-order valence-corrected chi connectivity index (χ3v) is 5.91. The van der Waals surface area contributed by atoms with Crippen molar-refractivity contribution >= 4 is 29.3 Å². The van der Waals surface area contributed by atoms with Crippen LogP contribution in [0.5, 0.6) is 5.75 Å². The second kappa shape index (κ2) is 14.8. The fourth-order valence-corrected chi connectivity index (χ4v) is 3.72. The second-order valence-electron chi connectivity index (χ2n) is 8.64. The topological polar surface area (TPSA) is 105 Å². The summed E-state index contributed by atoms with van der Waals surface area (Å²) in [5.41, 5.74) is 10.4. The lowest BCUT2D eigenvalue weighted by Gasteiger charge is -2.20. The number of amides is 2. The Labute approximate surface area is 229 Å². The van der Waals surface area contributed by atoms with Gasteiger partial charge < -0.3 is 21.1 Å². The van der Waals surface area contributed by atoms with Crippen molar-refractivity contribution < 1.29 is 14.3 Å². The van der Waals surface area contributed by atoms with Gasteiger partial charge in [-0.15, -0.1) is 0 Å². The quantitative estimate of drug-likeness (QED) is 0.141. The summed E-state index contributed by atoms with van der Waals surface area (Å²) < 4.78 is 5.23. The summed E-state index contributed by atoms with van der Waals surface area (Å²) in [5.74, 6) is 0.299. The van der Waals surface area contributed by atoms with Gasteiger partial charge in [-0.25, -0.2) is 0 Å². The molecular formula is C32H34N4O3. The van der Waals surface area contributed by atoms with E-state index in [1.807, 2.05) is 48.5 Å². The number of nitrogen functional groups attached to an aromatic ring is 1. The molecule has 0 aromatic heterocycles. The standard InChI is InChI=1S/C32H34N4O3/c1-4-8-23(5-2)21-35-32(38)31(34-22-25-13-18-27(39-3)19-14-25)26-16-11-24(12-17-26)15-20-30(37)36-29-10-7-6-9-28(29)33/h4-20,31,34H,1-2,21-22,33H2,3H3,(H,35,38)(H,36,37)/b20-15+,23-8+. The molecular weight excluding hydrogens is 488 g/mol. The normalized spacial score (nSPS) is 12.0. The highest BCUT2D eigenvalue weighted by molar-refractivity contribution is 6.03. The van der Waals surface area contributed by atoms with Gasteiger partial charge in [-0.05, 0) is 52.6 Å². The molecule has 1 atom stereocenters. The lowest BCUT2D eigenvalue weighted by Crippen LogP contribution is -2.38. The Bertz CT molecular complexity index is 1340. The van der Waals surface area contributed by atoms with E-state index in [4.69, 9.17) is 10.5 Å². The zero-order valence-corrected chi connectivity index (χ0v) is 22.0. The molecule has 3 rings (SSSR count). The Hall–Kier alpha value is -4.88. The molecule has 0 spiro atoms. The zero-order valence-electron chi connectivity index (χ0n) is 22.0. The number of hydrogen-bond donors (Lipinski definition) is 4. The molecule has 39 heavy (non-hydrogen) atoms. The number of hydrogen-bond acceptors (Lipinski definition) is 5. The summed E-state index contributed by atoms with van der Waals surface area (Å²) in [6.07, 6.45) is 8.29. The highest BCUT2D eigenvalue weighted by Gasteiger charge is 2.20. The lowest BCUT2D eigenvalue weighted by molar-refractivity contribution is -0.123. The van der Waals surface area contributed by atoms with E-state index in [1.54, 1.807) is 55.7 Å². The van der Waals surface area contributed by atoms with Gasteiger partial charge in [0.15, 0.2) is 0 Å². The maximum absolute atomic E-state index is 13.2. The molecule has 200 valence electrons. The molecule has 3 aromatic carbocycles. The maximum atomic E-state index is 13.2. The second-order valence-corrected chi connectivity index (χ2v) is 8.64. The monoisotopic (exact) mass is 522 g/mol. The molecule has 7 nitrogen and oxygen atoms in total. The largest absolute Gasteiger partial charge is 0.497 e. The predicted octanol–water partition coefficient (Wildman–Crippen LogP) is 5.17. The number of nitrogens with one attached hydrogen (secondary N) is 3. The molecule has 0 fully saturated rings. The number of ether oxygens (including phenoxy) is 1. The van der Waals surface area contributed by atoms with Gasteiger partial charge in [0.1, 0.15) is 11.8 Å². The number of carbonyl (C=O) groups is 2. The van der Waals surface area contributed by atoms with E-state index in [0.717, 1.165) is 28.0 Å². The first-order chi connectivity index (χ1) is 18.9. The molecule has 0 bridgehead atoms. The number of rotatable bonds is 13. The minimum Gasteiger partial charge on any atom is -0.497 e. The van der Waals surface area contributed by atoms with Crippen LogP contribution in [0.2, 0.25) is 0 Å². The van der Waals surface area contributed by atoms with Crippen LogP contribution in [-0.2, 0) is 16.1 Å². The van der Waals surface area contributed by atoms with E-state index in [2.05, 4.69) is 29.1 Å². The van der Waals surface area contributed by atoms with Crippen molar-refractivity contribution in [2.45, 2.75) is 12.6 Å². The Morgan fingerprint density at radius 1 is 1.00 bits per heavy atom. The number of nitrogens with two attached hydrogens (primary N) is 1. The van der Waals surface area contributed by atoms with Crippen molar-refractivity contribution in [1.82, 2.24) is 10.6 Å². The summed E-state index contributed by atoms with van der Waals surface area (Å²) in [7, 11) is 1.62. The third-order valence-electron chi connectivity index (χ3n) is 5.91. The van der Waals surface area contributed by atoms with Gasteiger partial charge in [-0.2, -0.15) is 0 Å². The summed E-state index contributed by atoms with van der Waals surface area (Å²) in [5, 5.41) is 9.08. The minimum atomic E-state index is -0.607. The molecule has 7 heteroatoms. The van der Waals surface area contributed by atoms with Gasteiger partial charge in [-0.1, -0.05) is 79.9 Å². The minimum absolute atomic E-state index is 0.177. The first-order valence-corrected chi connectivity index (χ1v) is 12.4. The van der Waals surface area contributed by atoms with E-state index in [9.17, 15) is 9.59 Å². The van der Waals surface area contributed by atoms with Crippen LogP contribution < -0.4 is 26.4 Å². The van der Waals surface area contributed by atoms with E-state index < -0.39 is 6.04 Å². The van der Waals surface area contributed by atoms with Gasteiger partial charge in [0.2, 0.25) is 11.8 Å². The molecule has 2 amide bonds. The fraction of sp³-hybridized carbons (Fsp3) is 0.125. The molecule has 1 unspecified atom stereocenters. The summed E-state index contributed by atoms with van der Waals surface area (Å²) >= 11 is 0. The molecule has 0 aliphatic heterocycles. The average molecular weight is 523 g/mol. The van der Waals surface area contributed by atoms with Crippen LogP contribution in [-0.4, -0.2) is 25.5 Å². The maximum Gasteiger partial charge on any atom is 0.248 e. The zero-order chi connectivity index (χ0) is 28.0. The summed E-state index contributed by atoms with van der Waals surface area (Å²) in [6, 6.07) is 21.6. The summed E-state index contributed by atoms with van der Waals surface area (Å²) in [4.78, 5) is 25.6. The number of carbonyl (C=O) groups excluding carboxylic acids is 2. The van der Waals surface area contributed by atoms with Crippen molar-refractivity contribution in [3.8, 4) is 5.75 Å². The van der Waals surface area contributed by atoms with Crippen LogP contribution in [0.3, 0.4) is 0 Å². The van der Waals surface area contributed by atoms with E-state index in [1.165, 1.54) is 6.08 Å². The van der Waals surface area contributed by atoms with Gasteiger partial charge in [0.25, 0.3) is 0 Å². The van der Waals surface area contributed by atoms with Crippen molar-refractivity contribution in [3.63, 3.8) is 0 Å². The van der Waals surface area contributed by atoms with Crippen LogP contribution in [0.15, 0.2) is 116 Å². The fourth-order valence-electron chi connectivity index (χ4n) is 3.72. The smallest absolute Gasteiger partial charge is 0.248 e. The van der Waals surface area contributed by atoms with Crippen LogP contribution >= 0.6 is 0 Å². The molecule has 0 saturated heterocycles. The Kier molecular flexibility index (Phi) is 10.9. The Morgan fingerprint density at radius 3 is 2.36 bits per heavy atom. The molecule has 3 aromatic rings. The Balaban J connectivity index is 1.72. The number of anilines is 2.